The Morgan fingerprint density at radius 2 is 2.04 bits per heavy atom. The summed E-state index contributed by atoms with van der Waals surface area (Å²) in [6.07, 6.45) is 4.21. The highest BCUT2D eigenvalue weighted by molar-refractivity contribution is 5.97. The van der Waals surface area contributed by atoms with Crippen molar-refractivity contribution in [3.63, 3.8) is 0 Å². The molecule has 3 rings (SSSR count). The largest absolute Gasteiger partial charge is 0.378 e. The minimum atomic E-state index is -0.889. The van der Waals surface area contributed by atoms with Gasteiger partial charge >= 0.3 is 0 Å². The highest BCUT2D eigenvalue weighted by Gasteiger charge is 2.32. The summed E-state index contributed by atoms with van der Waals surface area (Å²) in [6, 6.07) is 3.92. The molecule has 2 aliphatic rings. The van der Waals surface area contributed by atoms with E-state index in [1.807, 2.05) is 26.2 Å². The zero-order valence-corrected chi connectivity index (χ0v) is 15.5. The lowest BCUT2D eigenvalue weighted by molar-refractivity contribution is 0.0652. The van der Waals surface area contributed by atoms with Gasteiger partial charge in [-0.3, -0.25) is 10.7 Å². The van der Waals surface area contributed by atoms with Crippen LogP contribution in [0.4, 0.5) is 0 Å². The van der Waals surface area contributed by atoms with E-state index >= 15 is 0 Å². The molecular formula is C17H28N8O. The number of hydrogen-bond acceptors (Lipinski definition) is 9. The van der Waals surface area contributed by atoms with E-state index in [0.717, 1.165) is 31.2 Å². The number of nitrogens with zero attached hydrogens (tertiary/aromatic N) is 5. The minimum absolute atomic E-state index is 0.545. The molecule has 26 heavy (non-hydrogen) atoms. The monoisotopic (exact) mass is 360 g/mol. The summed E-state index contributed by atoms with van der Waals surface area (Å²) in [5.41, 5.74) is 7.66. The number of nitrogens with one attached hydrogen (secondary N) is 2. The van der Waals surface area contributed by atoms with E-state index in [2.05, 4.69) is 35.4 Å². The average molecular weight is 360 g/mol. The Balaban J connectivity index is 1.74. The van der Waals surface area contributed by atoms with Gasteiger partial charge in [0.1, 0.15) is 0 Å². The summed E-state index contributed by atoms with van der Waals surface area (Å²) in [5, 5.41) is 6.61. The van der Waals surface area contributed by atoms with E-state index < -0.39 is 5.79 Å². The van der Waals surface area contributed by atoms with Crippen molar-refractivity contribution in [3.05, 3.63) is 30.1 Å². The molecule has 1 aromatic heterocycles. The molecular weight excluding hydrogens is 332 g/mol. The second kappa shape index (κ2) is 8.43. The summed E-state index contributed by atoms with van der Waals surface area (Å²) in [6.45, 7) is 4.38. The maximum Gasteiger partial charge on any atom is 0.225 e. The Morgan fingerprint density at radius 3 is 2.73 bits per heavy atom. The molecule has 4 N–H and O–H groups in total. The van der Waals surface area contributed by atoms with Crippen LogP contribution in [0.5, 0.6) is 0 Å². The van der Waals surface area contributed by atoms with Gasteiger partial charge in [0, 0.05) is 45.0 Å². The molecule has 1 saturated heterocycles. The zero-order chi connectivity index (χ0) is 18.4. The normalized spacial score (nSPS) is 23.3. The van der Waals surface area contributed by atoms with Gasteiger partial charge in [-0.25, -0.2) is 4.99 Å². The Kier molecular flexibility index (Phi) is 6.02. The first kappa shape index (κ1) is 18.6. The molecule has 3 heterocycles. The first-order chi connectivity index (χ1) is 12.5. The third kappa shape index (κ3) is 5.13. The summed E-state index contributed by atoms with van der Waals surface area (Å²) < 4.78 is 5.44. The van der Waals surface area contributed by atoms with Crippen molar-refractivity contribution in [2.45, 2.75) is 18.8 Å². The van der Waals surface area contributed by atoms with Crippen molar-refractivity contribution in [1.82, 2.24) is 25.4 Å². The predicted octanol–water partition coefficient (Wildman–Crippen LogP) is -0.617. The molecule has 142 valence electrons. The average Bonchev–Trinajstić information content (AvgIpc) is 2.66. The molecule has 0 spiro atoms. The van der Waals surface area contributed by atoms with Crippen molar-refractivity contribution >= 4 is 11.9 Å². The van der Waals surface area contributed by atoms with E-state index in [1.54, 1.807) is 12.4 Å². The number of pyridine rings is 1. The minimum Gasteiger partial charge on any atom is -0.378 e. The summed E-state index contributed by atoms with van der Waals surface area (Å²) in [4.78, 5) is 17.6. The van der Waals surface area contributed by atoms with Gasteiger partial charge in [-0.05, 0) is 31.8 Å². The first-order valence-corrected chi connectivity index (χ1v) is 8.90. The van der Waals surface area contributed by atoms with Crippen LogP contribution in [0.25, 0.3) is 0 Å². The second-order valence-corrected chi connectivity index (χ2v) is 6.78. The number of morpholine rings is 1. The fourth-order valence-corrected chi connectivity index (χ4v) is 2.76. The van der Waals surface area contributed by atoms with Crippen LogP contribution in [0.2, 0.25) is 0 Å². The number of rotatable bonds is 5. The van der Waals surface area contributed by atoms with Crippen LogP contribution in [-0.2, 0) is 11.3 Å². The molecule has 1 fully saturated rings. The Hall–Kier alpha value is -2.23. The zero-order valence-electron chi connectivity index (χ0n) is 15.5. The van der Waals surface area contributed by atoms with E-state index in [0.29, 0.717) is 32.1 Å². The number of ether oxygens (including phenoxy) is 1. The van der Waals surface area contributed by atoms with Crippen molar-refractivity contribution in [2.24, 2.45) is 15.7 Å². The Bertz CT molecular complexity index is 641. The number of aliphatic imine (C=N–C) groups is 2. The standard InChI is InChI=1S/C17H28N8O/c1-24(2)8-5-17(18)22-15(20-13-14-3-6-19-7-4-14)21-16(23-17)25-9-11-26-12-10-25/h3-4,6-7H,5,8-13,18H2,1-2H3,(H2,20,21,22,23). The molecule has 0 bridgehead atoms. The maximum absolute atomic E-state index is 6.55. The van der Waals surface area contributed by atoms with Crippen molar-refractivity contribution in [2.75, 3.05) is 46.9 Å². The summed E-state index contributed by atoms with van der Waals surface area (Å²) in [5.74, 6) is 0.408. The quantitative estimate of drug-likeness (QED) is 0.643. The lowest BCUT2D eigenvalue weighted by atomic mass is 10.2. The van der Waals surface area contributed by atoms with Crippen LogP contribution in [-0.4, -0.2) is 79.4 Å². The van der Waals surface area contributed by atoms with Crippen molar-refractivity contribution in [1.29, 1.82) is 0 Å². The van der Waals surface area contributed by atoms with Crippen LogP contribution in [0.1, 0.15) is 12.0 Å². The van der Waals surface area contributed by atoms with Gasteiger partial charge in [0.05, 0.1) is 13.2 Å². The van der Waals surface area contributed by atoms with E-state index in [-0.39, 0.29) is 0 Å². The number of guanidine groups is 2. The third-order valence-electron chi connectivity index (χ3n) is 4.30. The van der Waals surface area contributed by atoms with Crippen molar-refractivity contribution in [3.8, 4) is 0 Å². The highest BCUT2D eigenvalue weighted by Crippen LogP contribution is 2.13. The van der Waals surface area contributed by atoms with Crippen LogP contribution in [0, 0.1) is 0 Å². The molecule has 0 amide bonds. The summed E-state index contributed by atoms with van der Waals surface area (Å²) in [7, 11) is 4.05. The Labute approximate surface area is 154 Å². The fraction of sp³-hybridized carbons (Fsp3) is 0.588. The second-order valence-electron chi connectivity index (χ2n) is 6.78. The number of nitrogens with two attached hydrogens (primary N) is 1. The first-order valence-electron chi connectivity index (χ1n) is 8.90. The summed E-state index contributed by atoms with van der Waals surface area (Å²) >= 11 is 0. The number of aromatic nitrogens is 1. The maximum atomic E-state index is 6.55. The molecule has 9 nitrogen and oxygen atoms in total. The van der Waals surface area contributed by atoms with Gasteiger partial charge < -0.3 is 25.2 Å². The molecule has 0 aliphatic carbocycles. The highest BCUT2D eigenvalue weighted by atomic mass is 16.5. The van der Waals surface area contributed by atoms with Crippen LogP contribution >= 0.6 is 0 Å². The lowest BCUT2D eigenvalue weighted by Gasteiger charge is -2.38. The van der Waals surface area contributed by atoms with E-state index in [9.17, 15) is 0 Å². The van der Waals surface area contributed by atoms with Gasteiger partial charge in [-0.15, -0.1) is 0 Å². The van der Waals surface area contributed by atoms with Crippen LogP contribution in [0.3, 0.4) is 0 Å². The van der Waals surface area contributed by atoms with Gasteiger partial charge in [-0.2, -0.15) is 4.99 Å². The SMILES string of the molecule is CN(C)CCC1(N)N=C(NCc2ccncc2)N=C(N2CCOCC2)N1. The van der Waals surface area contributed by atoms with Gasteiger partial charge in [0.25, 0.3) is 0 Å². The molecule has 0 saturated carbocycles. The Morgan fingerprint density at radius 1 is 1.31 bits per heavy atom. The third-order valence-corrected chi connectivity index (χ3v) is 4.30. The number of hydrogen-bond donors (Lipinski definition) is 3. The molecule has 1 aromatic rings. The molecule has 2 aliphatic heterocycles. The molecule has 9 heteroatoms. The van der Waals surface area contributed by atoms with Crippen LogP contribution < -0.4 is 16.4 Å². The predicted molar refractivity (Wildman–Crippen MR) is 102 cm³/mol. The van der Waals surface area contributed by atoms with E-state index in [4.69, 9.17) is 10.5 Å². The van der Waals surface area contributed by atoms with Gasteiger partial charge in [0.15, 0.2) is 5.79 Å². The smallest absolute Gasteiger partial charge is 0.225 e. The van der Waals surface area contributed by atoms with Crippen LogP contribution in [0.15, 0.2) is 34.5 Å². The van der Waals surface area contributed by atoms with Gasteiger partial charge in [-0.1, -0.05) is 0 Å². The molecule has 1 unspecified atom stereocenters. The molecule has 0 radical (unpaired) electrons. The van der Waals surface area contributed by atoms with Crippen molar-refractivity contribution < 1.29 is 4.74 Å². The lowest BCUT2D eigenvalue weighted by Crippen LogP contribution is -2.63. The molecule has 1 atom stereocenters. The fourth-order valence-electron chi connectivity index (χ4n) is 2.76. The van der Waals surface area contributed by atoms with Gasteiger partial charge in [0.2, 0.25) is 11.9 Å². The van der Waals surface area contributed by atoms with E-state index in [1.165, 1.54) is 0 Å². The molecule has 0 aromatic carbocycles. The topological polar surface area (TPSA) is 103 Å².